The van der Waals surface area contributed by atoms with Gasteiger partial charge in [-0.1, -0.05) is 42.5 Å². The molecular weight excluding hydrogens is 348 g/mol. The van der Waals surface area contributed by atoms with E-state index in [1.54, 1.807) is 7.11 Å². The molecule has 2 aliphatic rings. The molecule has 148 valence electrons. The Hall–Kier alpha value is -2.33. The van der Waals surface area contributed by atoms with Crippen molar-refractivity contribution >= 4 is 5.91 Å². The molecule has 0 spiro atoms. The number of methoxy groups -OCH3 is 1. The number of piperidine rings is 1. The largest absolute Gasteiger partial charge is 0.497 e. The van der Waals surface area contributed by atoms with Crippen molar-refractivity contribution in [3.05, 3.63) is 65.7 Å². The second-order valence-electron chi connectivity index (χ2n) is 8.01. The van der Waals surface area contributed by atoms with E-state index in [9.17, 15) is 4.79 Å². The number of carbonyl (C=O) groups excluding carboxylic acids is 1. The number of rotatable bonds is 5. The molecular formula is C24H30N2O2. The minimum atomic E-state index is 0.0583. The Labute approximate surface area is 168 Å². The third-order valence-corrected chi connectivity index (χ3v) is 6.52. The molecule has 0 aromatic heterocycles. The summed E-state index contributed by atoms with van der Waals surface area (Å²) in [6.07, 6.45) is 3.18. The maximum absolute atomic E-state index is 13.1. The van der Waals surface area contributed by atoms with Crippen LogP contribution >= 0.6 is 0 Å². The molecule has 0 bridgehead atoms. The highest BCUT2D eigenvalue weighted by Gasteiger charge is 2.39. The maximum Gasteiger partial charge on any atom is 0.240 e. The van der Waals surface area contributed by atoms with Crippen LogP contribution in [-0.4, -0.2) is 48.5 Å². The van der Waals surface area contributed by atoms with Gasteiger partial charge in [0.2, 0.25) is 5.91 Å². The molecule has 0 radical (unpaired) electrons. The number of likely N-dealkylation sites (tertiary alicyclic amines) is 2. The minimum Gasteiger partial charge on any atom is -0.497 e. The summed E-state index contributed by atoms with van der Waals surface area (Å²) in [7, 11) is 1.70. The summed E-state index contributed by atoms with van der Waals surface area (Å²) < 4.78 is 5.26. The first-order valence-corrected chi connectivity index (χ1v) is 10.4. The van der Waals surface area contributed by atoms with Crippen LogP contribution in [0.15, 0.2) is 54.6 Å². The molecule has 28 heavy (non-hydrogen) atoms. The monoisotopic (exact) mass is 378 g/mol. The molecule has 0 N–H and O–H groups in total. The third kappa shape index (κ3) is 3.79. The molecule has 4 nitrogen and oxygen atoms in total. The Morgan fingerprint density at radius 2 is 1.61 bits per heavy atom. The lowest BCUT2D eigenvalue weighted by Gasteiger charge is -2.35. The Balaban J connectivity index is 1.35. The van der Waals surface area contributed by atoms with E-state index < -0.39 is 0 Å². The average Bonchev–Trinajstić information content (AvgIpc) is 3.15. The van der Waals surface area contributed by atoms with Crippen LogP contribution in [0.2, 0.25) is 0 Å². The van der Waals surface area contributed by atoms with Crippen molar-refractivity contribution in [2.75, 3.05) is 26.7 Å². The van der Waals surface area contributed by atoms with Crippen LogP contribution in [0.1, 0.15) is 49.3 Å². The van der Waals surface area contributed by atoms with Gasteiger partial charge >= 0.3 is 0 Å². The van der Waals surface area contributed by atoms with E-state index in [0.29, 0.717) is 11.8 Å². The van der Waals surface area contributed by atoms with Gasteiger partial charge in [-0.2, -0.15) is 0 Å². The number of nitrogens with zero attached hydrogens (tertiary/aromatic N) is 2. The predicted octanol–water partition coefficient (Wildman–Crippen LogP) is 4.24. The second-order valence-corrected chi connectivity index (χ2v) is 8.01. The highest BCUT2D eigenvalue weighted by atomic mass is 16.5. The summed E-state index contributed by atoms with van der Waals surface area (Å²) >= 11 is 0. The molecule has 4 heteroatoms. The van der Waals surface area contributed by atoms with E-state index in [1.165, 1.54) is 11.1 Å². The molecule has 1 unspecified atom stereocenters. The number of carbonyl (C=O) groups is 1. The van der Waals surface area contributed by atoms with Crippen molar-refractivity contribution in [2.24, 2.45) is 0 Å². The summed E-state index contributed by atoms with van der Waals surface area (Å²) in [4.78, 5) is 17.6. The van der Waals surface area contributed by atoms with Gasteiger partial charge in [-0.15, -0.1) is 0 Å². The predicted molar refractivity (Wildman–Crippen MR) is 112 cm³/mol. The Bertz CT molecular complexity index is 782. The molecule has 2 fully saturated rings. The average molecular weight is 379 g/mol. The fraction of sp³-hybridized carbons (Fsp3) is 0.458. The number of hydrogen-bond donors (Lipinski definition) is 0. The van der Waals surface area contributed by atoms with Crippen molar-refractivity contribution in [3.63, 3.8) is 0 Å². The summed E-state index contributed by atoms with van der Waals surface area (Å²) in [6, 6.07) is 19.0. The standard InChI is InChI=1S/C24H30N2O2/c1-18(19-6-4-3-5-7-19)26-17-14-23(24(26)27)25-15-12-21(13-16-25)20-8-10-22(28-2)11-9-20/h3-11,18,21,23H,12-17H2,1-2H3/t18-,23?/m1/s1. The van der Waals surface area contributed by atoms with Gasteiger partial charge in [-0.25, -0.2) is 0 Å². The molecule has 2 atom stereocenters. The normalized spacial score (nSPS) is 22.4. The van der Waals surface area contributed by atoms with Crippen LogP contribution < -0.4 is 4.74 Å². The quantitative estimate of drug-likeness (QED) is 0.780. The van der Waals surface area contributed by atoms with Crippen molar-refractivity contribution in [2.45, 2.75) is 44.2 Å². The summed E-state index contributed by atoms with van der Waals surface area (Å²) in [5.74, 6) is 1.79. The molecule has 2 aromatic rings. The molecule has 2 saturated heterocycles. The van der Waals surface area contributed by atoms with E-state index in [4.69, 9.17) is 4.74 Å². The van der Waals surface area contributed by atoms with E-state index in [-0.39, 0.29) is 12.1 Å². The van der Waals surface area contributed by atoms with Gasteiger partial charge in [0.15, 0.2) is 0 Å². The van der Waals surface area contributed by atoms with Crippen LogP contribution in [0.4, 0.5) is 0 Å². The lowest BCUT2D eigenvalue weighted by Crippen LogP contribution is -2.45. The molecule has 2 heterocycles. The minimum absolute atomic E-state index is 0.0583. The molecule has 1 amide bonds. The number of hydrogen-bond acceptors (Lipinski definition) is 3. The highest BCUT2D eigenvalue weighted by molar-refractivity contribution is 5.84. The molecule has 0 saturated carbocycles. The zero-order valence-corrected chi connectivity index (χ0v) is 16.9. The van der Waals surface area contributed by atoms with Crippen LogP contribution in [-0.2, 0) is 4.79 Å². The van der Waals surface area contributed by atoms with Gasteiger partial charge in [0.05, 0.1) is 19.2 Å². The lowest BCUT2D eigenvalue weighted by atomic mass is 9.88. The zero-order chi connectivity index (χ0) is 19.5. The summed E-state index contributed by atoms with van der Waals surface area (Å²) in [5.41, 5.74) is 2.60. The fourth-order valence-corrected chi connectivity index (χ4v) is 4.74. The first kappa shape index (κ1) is 19.0. The van der Waals surface area contributed by atoms with Crippen molar-refractivity contribution < 1.29 is 9.53 Å². The SMILES string of the molecule is COc1ccc(C2CCN(C3CCN([C@H](C)c4ccccc4)C3=O)CC2)cc1. The third-order valence-electron chi connectivity index (χ3n) is 6.52. The van der Waals surface area contributed by atoms with Crippen LogP contribution in [0.25, 0.3) is 0 Å². The maximum atomic E-state index is 13.1. The van der Waals surface area contributed by atoms with Gasteiger partial charge < -0.3 is 9.64 Å². The van der Waals surface area contributed by atoms with E-state index in [1.807, 2.05) is 30.3 Å². The second kappa shape index (κ2) is 8.36. The fourth-order valence-electron chi connectivity index (χ4n) is 4.74. The van der Waals surface area contributed by atoms with Gasteiger partial charge in [0.25, 0.3) is 0 Å². The highest BCUT2D eigenvalue weighted by Crippen LogP contribution is 2.33. The molecule has 0 aliphatic carbocycles. The summed E-state index contributed by atoms with van der Waals surface area (Å²) in [6.45, 7) is 5.00. The Morgan fingerprint density at radius 1 is 0.929 bits per heavy atom. The van der Waals surface area contributed by atoms with E-state index in [0.717, 1.165) is 44.6 Å². The van der Waals surface area contributed by atoms with Crippen LogP contribution in [0.3, 0.4) is 0 Å². The van der Waals surface area contributed by atoms with E-state index in [2.05, 4.69) is 41.0 Å². The van der Waals surface area contributed by atoms with Gasteiger partial charge in [-0.3, -0.25) is 9.69 Å². The molecule has 2 aliphatic heterocycles. The Morgan fingerprint density at radius 3 is 2.25 bits per heavy atom. The smallest absolute Gasteiger partial charge is 0.240 e. The van der Waals surface area contributed by atoms with Crippen molar-refractivity contribution in [1.29, 1.82) is 0 Å². The molecule has 2 aromatic carbocycles. The van der Waals surface area contributed by atoms with Gasteiger partial charge in [0.1, 0.15) is 5.75 Å². The first-order valence-electron chi connectivity index (χ1n) is 10.4. The lowest BCUT2D eigenvalue weighted by molar-refractivity contribution is -0.134. The van der Waals surface area contributed by atoms with Crippen molar-refractivity contribution in [1.82, 2.24) is 9.80 Å². The zero-order valence-electron chi connectivity index (χ0n) is 16.9. The van der Waals surface area contributed by atoms with Crippen LogP contribution in [0.5, 0.6) is 5.75 Å². The molecule has 4 rings (SSSR count). The number of ether oxygens (including phenoxy) is 1. The van der Waals surface area contributed by atoms with Gasteiger partial charge in [-0.05, 0) is 68.5 Å². The van der Waals surface area contributed by atoms with Crippen LogP contribution in [0, 0.1) is 0 Å². The van der Waals surface area contributed by atoms with Gasteiger partial charge in [0, 0.05) is 6.54 Å². The number of amides is 1. The Kier molecular flexibility index (Phi) is 5.67. The first-order chi connectivity index (χ1) is 13.7. The topological polar surface area (TPSA) is 32.8 Å². The number of benzene rings is 2. The summed E-state index contributed by atoms with van der Waals surface area (Å²) in [5, 5.41) is 0. The van der Waals surface area contributed by atoms with Crippen molar-refractivity contribution in [3.8, 4) is 5.75 Å². The van der Waals surface area contributed by atoms with E-state index >= 15 is 0 Å².